The Morgan fingerprint density at radius 3 is 2.54 bits per heavy atom. The molecule has 0 bridgehead atoms. The van der Waals surface area contributed by atoms with Gasteiger partial charge in [0.1, 0.15) is 17.2 Å². The van der Waals surface area contributed by atoms with E-state index in [0.29, 0.717) is 0 Å². The van der Waals surface area contributed by atoms with Crippen molar-refractivity contribution in [1.29, 1.82) is 0 Å². The number of nitrogens with zero attached hydrogens (tertiary/aromatic N) is 2. The highest BCUT2D eigenvalue weighted by Gasteiger charge is 2.47. The van der Waals surface area contributed by atoms with Gasteiger partial charge >= 0.3 is 12.1 Å². The molecule has 1 aromatic heterocycles. The van der Waals surface area contributed by atoms with Crippen LogP contribution in [-0.2, 0) is 9.57 Å². The third-order valence-electron chi connectivity index (χ3n) is 3.91. The molecule has 1 aliphatic rings. The van der Waals surface area contributed by atoms with Crippen molar-refractivity contribution in [3.63, 3.8) is 0 Å². The second-order valence-electron chi connectivity index (χ2n) is 5.86. The molecule has 1 N–H and O–H groups in total. The molecule has 0 radical (unpaired) electrons. The number of aromatic nitrogens is 2. The van der Waals surface area contributed by atoms with Gasteiger partial charge in [0, 0.05) is 16.2 Å². The number of carbonyl (C=O) groups is 1. The lowest BCUT2D eigenvalue weighted by Crippen LogP contribution is -2.19. The quantitative estimate of drug-likeness (QED) is 0.706. The van der Waals surface area contributed by atoms with Gasteiger partial charge in [-0.15, -0.1) is 0 Å². The van der Waals surface area contributed by atoms with Gasteiger partial charge in [-0.3, -0.25) is 4.84 Å². The summed E-state index contributed by atoms with van der Waals surface area (Å²) in [6.07, 6.45) is -5.14. The van der Waals surface area contributed by atoms with E-state index in [0.717, 1.165) is 10.9 Å². The first-order valence-electron chi connectivity index (χ1n) is 8.04. The van der Waals surface area contributed by atoms with Crippen molar-refractivity contribution in [1.82, 2.24) is 15.3 Å². The summed E-state index contributed by atoms with van der Waals surface area (Å²) in [5, 5.41) is 4.32. The molecule has 1 unspecified atom stereocenters. The smallest absolute Gasteiger partial charge is 0.419 e. The number of carbonyl (C=O) groups excluding carboxylic acids is 1. The van der Waals surface area contributed by atoms with Crippen molar-refractivity contribution in [3.8, 4) is 0 Å². The van der Waals surface area contributed by atoms with Crippen molar-refractivity contribution in [2.45, 2.75) is 26.1 Å². The Morgan fingerprint density at radius 1 is 1.32 bits per heavy atom. The van der Waals surface area contributed by atoms with Gasteiger partial charge in [0.05, 0.1) is 12.3 Å². The molecule has 0 fully saturated rings. The number of hydrogen-bond donors (Lipinski definition) is 1. The molecule has 0 spiro atoms. The van der Waals surface area contributed by atoms with Crippen molar-refractivity contribution in [2.75, 3.05) is 6.61 Å². The van der Waals surface area contributed by atoms with E-state index in [-0.39, 0.29) is 33.5 Å². The average molecular weight is 436 g/mol. The zero-order valence-corrected chi connectivity index (χ0v) is 16.1. The van der Waals surface area contributed by atoms with Crippen molar-refractivity contribution < 1.29 is 27.5 Å². The van der Waals surface area contributed by atoms with Gasteiger partial charge < -0.3 is 4.74 Å². The first-order valence-corrected chi connectivity index (χ1v) is 8.80. The Kier molecular flexibility index (Phi) is 5.60. The van der Waals surface area contributed by atoms with Crippen LogP contribution >= 0.6 is 23.2 Å². The second-order valence-corrected chi connectivity index (χ2v) is 6.73. The number of alkyl halides is 3. The van der Waals surface area contributed by atoms with E-state index >= 15 is 0 Å². The maximum absolute atomic E-state index is 13.8. The van der Waals surface area contributed by atoms with Crippen LogP contribution in [0.25, 0.3) is 5.82 Å². The fourth-order valence-corrected chi connectivity index (χ4v) is 3.29. The normalized spacial score (nSPS) is 17.0. The van der Waals surface area contributed by atoms with Crippen molar-refractivity contribution in [2.24, 2.45) is 0 Å². The Bertz CT molecular complexity index is 937. The molecule has 2 heterocycles. The molecule has 28 heavy (non-hydrogen) atoms. The minimum Gasteiger partial charge on any atom is -0.462 e. The highest BCUT2D eigenvalue weighted by atomic mass is 35.5. The number of aryl methyl sites for hydroxylation is 1. The molecule has 0 saturated heterocycles. The van der Waals surface area contributed by atoms with Crippen LogP contribution in [0.2, 0.25) is 10.0 Å². The number of esters is 1. The van der Waals surface area contributed by atoms with Crippen LogP contribution < -0.4 is 5.48 Å². The summed E-state index contributed by atoms with van der Waals surface area (Å²) in [6, 6.07) is 4.05. The topological polar surface area (TPSA) is 65.4 Å². The number of ether oxygens (including phenoxy) is 1. The lowest BCUT2D eigenvalue weighted by molar-refractivity contribution is -0.107. The fraction of sp³-hybridized carbons (Fsp3) is 0.294. The average Bonchev–Trinajstić information content (AvgIpc) is 3.17. The lowest BCUT2D eigenvalue weighted by Gasteiger charge is -2.16. The molecule has 150 valence electrons. The number of hydroxylamine groups is 1. The van der Waals surface area contributed by atoms with Gasteiger partial charge in [0.25, 0.3) is 0 Å². The molecular weight excluding hydrogens is 422 g/mol. The van der Waals surface area contributed by atoms with Crippen LogP contribution in [0.3, 0.4) is 0 Å². The summed E-state index contributed by atoms with van der Waals surface area (Å²) < 4.78 is 47.3. The molecule has 11 heteroatoms. The third-order valence-corrected chi connectivity index (χ3v) is 4.34. The van der Waals surface area contributed by atoms with Gasteiger partial charge in [-0.2, -0.15) is 18.3 Å². The van der Waals surface area contributed by atoms with Gasteiger partial charge in [-0.05, 0) is 37.6 Å². The van der Waals surface area contributed by atoms with Gasteiger partial charge in [-0.25, -0.2) is 15.0 Å². The minimum atomic E-state index is -4.76. The maximum Gasteiger partial charge on any atom is 0.419 e. The van der Waals surface area contributed by atoms with Crippen LogP contribution in [0.1, 0.15) is 34.6 Å². The summed E-state index contributed by atoms with van der Waals surface area (Å²) >= 11 is 11.8. The van der Waals surface area contributed by atoms with Crippen molar-refractivity contribution >= 4 is 35.0 Å². The van der Waals surface area contributed by atoms with Crippen LogP contribution in [0.5, 0.6) is 0 Å². The van der Waals surface area contributed by atoms with E-state index in [1.165, 1.54) is 25.1 Å². The molecule has 0 aliphatic carbocycles. The predicted octanol–water partition coefficient (Wildman–Crippen LogP) is 4.68. The number of halogens is 5. The van der Waals surface area contributed by atoms with Gasteiger partial charge in [0.2, 0.25) is 0 Å². The molecule has 1 atom stereocenters. The molecular formula is C17H14Cl2F3N3O3. The summed E-state index contributed by atoms with van der Waals surface area (Å²) in [6.45, 7) is 3.23. The van der Waals surface area contributed by atoms with Crippen LogP contribution in [-0.4, -0.2) is 28.5 Å². The molecule has 1 aromatic carbocycles. The van der Waals surface area contributed by atoms with Gasteiger partial charge in [0.15, 0.2) is 5.82 Å². The number of hydrogen-bond acceptors (Lipinski definition) is 5. The molecule has 1 aliphatic heterocycles. The largest absolute Gasteiger partial charge is 0.462 e. The first kappa shape index (κ1) is 20.5. The Balaban J connectivity index is 2.10. The highest BCUT2D eigenvalue weighted by molar-refractivity contribution is 6.34. The first-order chi connectivity index (χ1) is 13.1. The van der Waals surface area contributed by atoms with E-state index in [1.807, 2.05) is 0 Å². The monoisotopic (exact) mass is 435 g/mol. The van der Waals surface area contributed by atoms with E-state index in [1.54, 1.807) is 6.92 Å². The Labute approximate surface area is 167 Å². The molecule has 0 saturated carbocycles. The van der Waals surface area contributed by atoms with Crippen molar-refractivity contribution in [3.05, 3.63) is 56.8 Å². The third kappa shape index (κ3) is 3.96. The molecule has 2 aromatic rings. The summed E-state index contributed by atoms with van der Waals surface area (Å²) in [7, 11) is 0. The van der Waals surface area contributed by atoms with E-state index in [2.05, 4.69) is 10.6 Å². The summed E-state index contributed by atoms with van der Waals surface area (Å²) in [5.41, 5.74) is 1.58. The molecule has 0 amide bonds. The van der Waals surface area contributed by atoms with Crippen LogP contribution in [0.15, 0.2) is 30.0 Å². The Morgan fingerprint density at radius 2 is 1.96 bits per heavy atom. The molecule has 6 nitrogen and oxygen atoms in total. The van der Waals surface area contributed by atoms with Crippen LogP contribution in [0, 0.1) is 6.92 Å². The zero-order valence-electron chi connectivity index (χ0n) is 14.6. The Hall–Kier alpha value is -2.23. The molecule has 3 rings (SSSR count). The maximum atomic E-state index is 13.8. The van der Waals surface area contributed by atoms with Gasteiger partial charge in [-0.1, -0.05) is 23.2 Å². The summed E-state index contributed by atoms with van der Waals surface area (Å²) in [4.78, 5) is 17.1. The number of benzene rings is 1. The minimum absolute atomic E-state index is 0.0481. The number of rotatable bonds is 4. The highest BCUT2D eigenvalue weighted by Crippen LogP contribution is 2.44. The second kappa shape index (κ2) is 7.65. The standard InChI is InChI=1S/C17H14Cl2F3N3O3/c1-3-27-16(26)12-7-25(23-8(12)2)15-13(17(20,21)22)14(28-24-15)9-4-10(18)6-11(19)5-9/h4-7,14,24H,3H2,1-2H3. The zero-order chi connectivity index (χ0) is 20.6. The van der Waals surface area contributed by atoms with E-state index in [4.69, 9.17) is 32.8 Å². The SMILES string of the molecule is CCOC(=O)c1cn(C2=C(C(F)(F)F)C(c3cc(Cl)cc(Cl)c3)ON2)nc1C. The predicted molar refractivity (Wildman–Crippen MR) is 95.6 cm³/mol. The summed E-state index contributed by atoms with van der Waals surface area (Å²) in [5.74, 6) is -1.15. The fourth-order valence-electron chi connectivity index (χ4n) is 2.75. The van der Waals surface area contributed by atoms with E-state index < -0.39 is 29.6 Å². The number of nitrogens with one attached hydrogen (secondary N) is 1. The van der Waals surface area contributed by atoms with Crippen LogP contribution in [0.4, 0.5) is 13.2 Å². The van der Waals surface area contributed by atoms with E-state index in [9.17, 15) is 18.0 Å². The lowest BCUT2D eigenvalue weighted by atomic mass is 10.0.